The van der Waals surface area contributed by atoms with Crippen LogP contribution in [-0.2, 0) is 4.79 Å². The molecule has 0 spiro atoms. The summed E-state index contributed by atoms with van der Waals surface area (Å²) in [5.41, 5.74) is 0.488. The van der Waals surface area contributed by atoms with Gasteiger partial charge in [0.2, 0.25) is 0 Å². The summed E-state index contributed by atoms with van der Waals surface area (Å²) in [5, 5.41) is 22.9. The Morgan fingerprint density at radius 3 is 2.36 bits per heavy atom. The number of amides is 1. The van der Waals surface area contributed by atoms with Crippen LogP contribution in [0.15, 0.2) is 78.4 Å². The summed E-state index contributed by atoms with van der Waals surface area (Å²) in [7, 11) is 1.35. The predicted octanol–water partition coefficient (Wildman–Crippen LogP) is 4.37. The number of non-ortho nitro benzene ring substituents is 1. The summed E-state index contributed by atoms with van der Waals surface area (Å²) in [6.07, 6.45) is 1.34. The molecule has 33 heavy (non-hydrogen) atoms. The van der Waals surface area contributed by atoms with Gasteiger partial charge in [-0.25, -0.2) is 4.79 Å². The van der Waals surface area contributed by atoms with Gasteiger partial charge in [-0.15, -0.1) is 0 Å². The number of esters is 1. The fourth-order valence-corrected chi connectivity index (χ4v) is 2.78. The number of benzene rings is 3. The maximum atomic E-state index is 12.6. The number of nitrogens with one attached hydrogen (secondary N) is 1. The Morgan fingerprint density at radius 2 is 1.76 bits per heavy atom. The first kappa shape index (κ1) is 22.7. The highest BCUT2D eigenvalue weighted by Gasteiger charge is 2.16. The number of nitro groups is 1. The van der Waals surface area contributed by atoms with E-state index < -0.39 is 16.8 Å². The van der Waals surface area contributed by atoms with E-state index in [0.29, 0.717) is 16.9 Å². The maximum Gasteiger partial charge on any atom is 0.343 e. The minimum Gasteiger partial charge on any atom is -0.495 e. The highest BCUT2D eigenvalue weighted by atomic mass is 16.6. The molecule has 3 aromatic rings. The molecule has 3 aromatic carbocycles. The minimum atomic E-state index is -0.768. The Bertz CT molecular complexity index is 1260. The summed E-state index contributed by atoms with van der Waals surface area (Å²) >= 11 is 0. The number of methoxy groups -OCH3 is 1. The molecular weight excluding hydrogens is 426 g/mol. The van der Waals surface area contributed by atoms with Crippen molar-refractivity contribution in [1.29, 1.82) is 5.26 Å². The lowest BCUT2D eigenvalue weighted by atomic mass is 10.1. The third kappa shape index (κ3) is 5.80. The van der Waals surface area contributed by atoms with Crippen LogP contribution in [0.3, 0.4) is 0 Å². The van der Waals surface area contributed by atoms with E-state index in [1.807, 2.05) is 0 Å². The number of hydrogen-bond acceptors (Lipinski definition) is 7. The summed E-state index contributed by atoms with van der Waals surface area (Å²) in [6, 6.07) is 20.2. The summed E-state index contributed by atoms with van der Waals surface area (Å²) in [4.78, 5) is 35.1. The molecule has 0 fully saturated rings. The normalized spacial score (nSPS) is 10.6. The van der Waals surface area contributed by atoms with E-state index in [2.05, 4.69) is 5.32 Å². The molecule has 0 aliphatic rings. The second-order valence-electron chi connectivity index (χ2n) is 6.59. The monoisotopic (exact) mass is 443 g/mol. The topological polar surface area (TPSA) is 132 Å². The number of nitrogens with zero attached hydrogens (tertiary/aromatic N) is 2. The number of nitro benzene ring substituents is 1. The predicted molar refractivity (Wildman–Crippen MR) is 120 cm³/mol. The van der Waals surface area contributed by atoms with Crippen molar-refractivity contribution in [3.05, 3.63) is 99.6 Å². The van der Waals surface area contributed by atoms with Gasteiger partial charge in [0.1, 0.15) is 23.1 Å². The first-order valence-electron chi connectivity index (χ1n) is 9.54. The molecule has 1 N–H and O–H groups in total. The molecule has 0 saturated carbocycles. The van der Waals surface area contributed by atoms with Gasteiger partial charge in [0.15, 0.2) is 0 Å². The van der Waals surface area contributed by atoms with Crippen molar-refractivity contribution in [3.8, 4) is 17.6 Å². The van der Waals surface area contributed by atoms with E-state index in [1.54, 1.807) is 48.5 Å². The average Bonchev–Trinajstić information content (AvgIpc) is 2.83. The smallest absolute Gasteiger partial charge is 0.343 e. The van der Waals surface area contributed by atoms with Crippen LogP contribution in [0.4, 0.5) is 11.4 Å². The van der Waals surface area contributed by atoms with Crippen LogP contribution in [-0.4, -0.2) is 23.9 Å². The second kappa shape index (κ2) is 10.4. The molecule has 9 nitrogen and oxygen atoms in total. The van der Waals surface area contributed by atoms with Crippen molar-refractivity contribution in [1.82, 2.24) is 0 Å². The van der Waals surface area contributed by atoms with Crippen LogP contribution in [0.2, 0.25) is 0 Å². The van der Waals surface area contributed by atoms with Crippen LogP contribution in [0, 0.1) is 21.4 Å². The third-order valence-corrected chi connectivity index (χ3v) is 4.42. The van der Waals surface area contributed by atoms with Crippen molar-refractivity contribution in [2.24, 2.45) is 0 Å². The highest BCUT2D eigenvalue weighted by Crippen LogP contribution is 2.29. The van der Waals surface area contributed by atoms with Gasteiger partial charge in [-0.2, -0.15) is 5.26 Å². The van der Waals surface area contributed by atoms with E-state index in [4.69, 9.17) is 9.47 Å². The fraction of sp³-hybridized carbons (Fsp3) is 0.0417. The van der Waals surface area contributed by atoms with Crippen LogP contribution in [0.5, 0.6) is 11.5 Å². The molecule has 3 rings (SSSR count). The van der Waals surface area contributed by atoms with Crippen LogP contribution in [0.1, 0.15) is 15.9 Å². The fourth-order valence-electron chi connectivity index (χ4n) is 2.78. The van der Waals surface area contributed by atoms with Crippen molar-refractivity contribution in [2.75, 3.05) is 12.4 Å². The summed E-state index contributed by atoms with van der Waals surface area (Å²) < 4.78 is 10.4. The van der Waals surface area contributed by atoms with E-state index in [-0.39, 0.29) is 22.7 Å². The minimum absolute atomic E-state index is 0.0565. The Kier molecular flexibility index (Phi) is 7.13. The first-order chi connectivity index (χ1) is 15.9. The Morgan fingerprint density at radius 1 is 1.06 bits per heavy atom. The molecule has 0 aliphatic carbocycles. The van der Waals surface area contributed by atoms with Gasteiger partial charge in [0.05, 0.1) is 23.3 Å². The van der Waals surface area contributed by atoms with E-state index in [1.165, 1.54) is 37.5 Å². The summed E-state index contributed by atoms with van der Waals surface area (Å²) in [6.45, 7) is 0. The standard InChI is InChI=1S/C24H17N3O6/c1-32-22-12-9-19(27(30)31)14-21(22)26-23(28)18(15-25)13-16-7-10-20(11-8-16)33-24(29)17-5-3-2-4-6-17/h2-14H,1H3,(H,26,28)/b18-13+. The first-order valence-corrected chi connectivity index (χ1v) is 9.54. The third-order valence-electron chi connectivity index (χ3n) is 4.42. The molecule has 0 atom stereocenters. The van der Waals surface area contributed by atoms with Gasteiger partial charge < -0.3 is 14.8 Å². The number of nitriles is 1. The number of ether oxygens (including phenoxy) is 2. The highest BCUT2D eigenvalue weighted by molar-refractivity contribution is 6.10. The van der Waals surface area contributed by atoms with E-state index in [0.717, 1.165) is 6.07 Å². The summed E-state index contributed by atoms with van der Waals surface area (Å²) in [5.74, 6) is -0.779. The van der Waals surface area contributed by atoms with Gasteiger partial charge in [-0.05, 0) is 42.0 Å². The molecule has 0 radical (unpaired) electrons. The molecule has 0 heterocycles. The second-order valence-corrected chi connectivity index (χ2v) is 6.59. The lowest BCUT2D eigenvalue weighted by molar-refractivity contribution is -0.384. The zero-order valence-electron chi connectivity index (χ0n) is 17.3. The van der Waals surface area contributed by atoms with Crippen LogP contribution >= 0.6 is 0 Å². The van der Waals surface area contributed by atoms with Gasteiger partial charge in [-0.1, -0.05) is 30.3 Å². The molecule has 1 amide bonds. The molecule has 9 heteroatoms. The van der Waals surface area contributed by atoms with E-state index in [9.17, 15) is 25.0 Å². The zero-order valence-corrected chi connectivity index (χ0v) is 17.3. The maximum absolute atomic E-state index is 12.6. The largest absolute Gasteiger partial charge is 0.495 e. The quantitative estimate of drug-likeness (QED) is 0.143. The molecule has 0 aromatic heterocycles. The Hall–Kier alpha value is -4.97. The van der Waals surface area contributed by atoms with E-state index >= 15 is 0 Å². The molecule has 0 saturated heterocycles. The Balaban J connectivity index is 1.75. The van der Waals surface area contributed by atoms with Crippen molar-refractivity contribution in [3.63, 3.8) is 0 Å². The van der Waals surface area contributed by atoms with Crippen molar-refractivity contribution >= 4 is 29.3 Å². The number of carbonyl (C=O) groups is 2. The van der Waals surface area contributed by atoms with Gasteiger partial charge in [-0.3, -0.25) is 14.9 Å². The van der Waals surface area contributed by atoms with Gasteiger partial charge in [0, 0.05) is 12.1 Å². The number of rotatable bonds is 7. The van der Waals surface area contributed by atoms with Gasteiger partial charge in [0.25, 0.3) is 11.6 Å². The Labute approximate surface area is 188 Å². The molecule has 0 aliphatic heterocycles. The molecular formula is C24H17N3O6. The number of hydrogen-bond donors (Lipinski definition) is 1. The molecule has 0 bridgehead atoms. The lowest BCUT2D eigenvalue weighted by Crippen LogP contribution is -2.14. The van der Waals surface area contributed by atoms with Gasteiger partial charge >= 0.3 is 5.97 Å². The van der Waals surface area contributed by atoms with Crippen LogP contribution < -0.4 is 14.8 Å². The SMILES string of the molecule is COc1ccc([N+](=O)[O-])cc1NC(=O)/C(C#N)=C/c1ccc(OC(=O)c2ccccc2)cc1. The molecule has 164 valence electrons. The van der Waals surface area contributed by atoms with Crippen molar-refractivity contribution < 1.29 is 24.0 Å². The number of anilines is 1. The van der Waals surface area contributed by atoms with Crippen LogP contribution in [0.25, 0.3) is 6.08 Å². The average molecular weight is 443 g/mol. The zero-order chi connectivity index (χ0) is 23.8. The lowest BCUT2D eigenvalue weighted by Gasteiger charge is -2.09. The number of carbonyl (C=O) groups excluding carboxylic acids is 2. The van der Waals surface area contributed by atoms with Crippen molar-refractivity contribution in [2.45, 2.75) is 0 Å². The molecule has 0 unspecified atom stereocenters.